The van der Waals surface area contributed by atoms with Crippen molar-refractivity contribution < 1.29 is 13.2 Å². The van der Waals surface area contributed by atoms with Crippen LogP contribution in [-0.4, -0.2) is 45.0 Å². The third kappa shape index (κ3) is 3.54. The topological polar surface area (TPSA) is 49.9 Å². The molecular weight excluding hydrogens is 372 g/mol. The van der Waals surface area contributed by atoms with Gasteiger partial charge in [-0.2, -0.15) is 4.31 Å². The summed E-state index contributed by atoms with van der Waals surface area (Å²) in [5, 5.41) is 0.289. The fraction of sp³-hybridized carbons (Fsp3) is 0.368. The van der Waals surface area contributed by atoms with Crippen LogP contribution in [0.4, 0.5) is 5.69 Å². The van der Waals surface area contributed by atoms with Gasteiger partial charge in [0.05, 0.1) is 17.0 Å². The van der Waals surface area contributed by atoms with Crippen molar-refractivity contribution in [3.63, 3.8) is 0 Å². The van der Waals surface area contributed by atoms with Gasteiger partial charge in [0.15, 0.2) is 0 Å². The maximum atomic E-state index is 13.1. The van der Waals surface area contributed by atoms with Crippen molar-refractivity contribution in [3.05, 3.63) is 53.6 Å². The summed E-state index contributed by atoms with van der Waals surface area (Å²) in [4.78, 5) is 2.46. The highest BCUT2D eigenvalue weighted by Gasteiger charge is 2.36. The molecule has 0 aliphatic carbocycles. The zero-order valence-corrected chi connectivity index (χ0v) is 16.7. The summed E-state index contributed by atoms with van der Waals surface area (Å²) < 4.78 is 32.8. The van der Waals surface area contributed by atoms with Gasteiger partial charge in [0.1, 0.15) is 5.75 Å². The van der Waals surface area contributed by atoms with E-state index in [1.165, 1.54) is 13.2 Å². The van der Waals surface area contributed by atoms with E-state index in [0.29, 0.717) is 18.8 Å². The van der Waals surface area contributed by atoms with E-state index in [2.05, 4.69) is 17.0 Å². The molecule has 1 aliphatic heterocycles. The standard InChI is InChI=1S/C19H23ClN2O3S/c1-14-12-21(13-15(2)22(14)16-7-5-4-6-8-16)26(23,24)17-9-10-19(25-3)18(20)11-17/h4-11,14-15H,12-13H2,1-3H3. The Morgan fingerprint density at radius 2 is 1.65 bits per heavy atom. The lowest BCUT2D eigenvalue weighted by Gasteiger charge is -2.45. The molecule has 1 heterocycles. The van der Waals surface area contributed by atoms with Gasteiger partial charge in [-0.25, -0.2) is 8.42 Å². The lowest BCUT2D eigenvalue weighted by Crippen LogP contribution is -2.58. The normalized spacial score (nSPS) is 21.6. The minimum atomic E-state index is -3.61. The molecule has 0 saturated carbocycles. The van der Waals surface area contributed by atoms with Crippen molar-refractivity contribution in [1.29, 1.82) is 0 Å². The Kier molecular flexibility index (Phi) is 5.46. The molecule has 7 heteroatoms. The smallest absolute Gasteiger partial charge is 0.243 e. The summed E-state index contributed by atoms with van der Waals surface area (Å²) in [5.41, 5.74) is 1.11. The number of hydrogen-bond acceptors (Lipinski definition) is 4. The SMILES string of the molecule is COc1ccc(S(=O)(=O)N2CC(C)N(c3ccccc3)C(C)C2)cc1Cl. The van der Waals surface area contributed by atoms with E-state index in [0.717, 1.165) is 5.69 Å². The molecule has 0 radical (unpaired) electrons. The van der Waals surface area contributed by atoms with Crippen molar-refractivity contribution in [2.24, 2.45) is 0 Å². The zero-order valence-electron chi connectivity index (χ0n) is 15.1. The number of halogens is 1. The van der Waals surface area contributed by atoms with Crippen LogP contribution in [0.15, 0.2) is 53.4 Å². The average molecular weight is 395 g/mol. The number of anilines is 1. The molecule has 0 N–H and O–H groups in total. The van der Waals surface area contributed by atoms with Gasteiger partial charge in [-0.3, -0.25) is 0 Å². The first-order valence-corrected chi connectivity index (χ1v) is 10.3. The Morgan fingerprint density at radius 1 is 1.04 bits per heavy atom. The molecule has 0 spiro atoms. The summed E-state index contributed by atoms with van der Waals surface area (Å²) in [6.07, 6.45) is 0. The van der Waals surface area contributed by atoms with Gasteiger partial charge in [-0.15, -0.1) is 0 Å². The second-order valence-electron chi connectivity index (χ2n) is 6.56. The summed E-state index contributed by atoms with van der Waals surface area (Å²) in [7, 11) is -2.11. The first-order chi connectivity index (χ1) is 12.3. The van der Waals surface area contributed by atoms with Gasteiger partial charge in [-0.1, -0.05) is 29.8 Å². The summed E-state index contributed by atoms with van der Waals surface area (Å²) in [5.74, 6) is 0.459. The summed E-state index contributed by atoms with van der Waals surface area (Å²) in [6, 6.07) is 14.8. The fourth-order valence-corrected chi connectivity index (χ4v) is 5.49. The van der Waals surface area contributed by atoms with E-state index in [-0.39, 0.29) is 22.0 Å². The summed E-state index contributed by atoms with van der Waals surface area (Å²) >= 11 is 6.12. The number of para-hydroxylation sites is 1. The van der Waals surface area contributed by atoms with Gasteiger partial charge in [0.25, 0.3) is 0 Å². The highest BCUT2D eigenvalue weighted by molar-refractivity contribution is 7.89. The molecule has 140 valence electrons. The monoisotopic (exact) mass is 394 g/mol. The Balaban J connectivity index is 1.86. The molecule has 1 saturated heterocycles. The van der Waals surface area contributed by atoms with Crippen LogP contribution in [0.5, 0.6) is 5.75 Å². The first-order valence-electron chi connectivity index (χ1n) is 8.51. The molecule has 5 nitrogen and oxygen atoms in total. The van der Waals surface area contributed by atoms with Gasteiger partial charge in [0.2, 0.25) is 10.0 Å². The van der Waals surface area contributed by atoms with Crippen molar-refractivity contribution in [3.8, 4) is 5.75 Å². The minimum absolute atomic E-state index is 0.0599. The van der Waals surface area contributed by atoms with Crippen LogP contribution in [0.25, 0.3) is 0 Å². The number of methoxy groups -OCH3 is 1. The molecule has 0 aromatic heterocycles. The predicted octanol–water partition coefficient (Wildman–Crippen LogP) is 3.64. The molecule has 3 rings (SSSR count). The maximum Gasteiger partial charge on any atom is 0.243 e. The van der Waals surface area contributed by atoms with Crippen molar-refractivity contribution in [2.75, 3.05) is 25.1 Å². The molecule has 1 aliphatic rings. The largest absolute Gasteiger partial charge is 0.495 e. The van der Waals surface area contributed by atoms with E-state index >= 15 is 0 Å². The molecule has 0 bridgehead atoms. The number of nitrogens with zero attached hydrogens (tertiary/aromatic N) is 2. The van der Waals surface area contributed by atoms with E-state index in [9.17, 15) is 8.42 Å². The molecule has 2 unspecified atom stereocenters. The average Bonchev–Trinajstić information content (AvgIpc) is 2.62. The molecule has 2 aromatic carbocycles. The number of hydrogen-bond donors (Lipinski definition) is 0. The van der Waals surface area contributed by atoms with Gasteiger partial charge in [0, 0.05) is 30.9 Å². The Labute approximate surface area is 160 Å². The number of benzene rings is 2. The number of piperazine rings is 1. The van der Waals surface area contributed by atoms with Crippen molar-refractivity contribution in [2.45, 2.75) is 30.8 Å². The zero-order chi connectivity index (χ0) is 18.9. The van der Waals surface area contributed by atoms with Crippen LogP contribution in [0.2, 0.25) is 5.02 Å². The van der Waals surface area contributed by atoms with Crippen LogP contribution in [-0.2, 0) is 10.0 Å². The van der Waals surface area contributed by atoms with E-state index < -0.39 is 10.0 Å². The van der Waals surface area contributed by atoms with Crippen LogP contribution >= 0.6 is 11.6 Å². The lowest BCUT2D eigenvalue weighted by atomic mass is 10.1. The van der Waals surface area contributed by atoms with Crippen LogP contribution in [0, 0.1) is 0 Å². The highest BCUT2D eigenvalue weighted by Crippen LogP contribution is 2.31. The van der Waals surface area contributed by atoms with Crippen molar-refractivity contribution in [1.82, 2.24) is 4.31 Å². The van der Waals surface area contributed by atoms with Crippen LogP contribution in [0.1, 0.15) is 13.8 Å². The van der Waals surface area contributed by atoms with Gasteiger partial charge in [-0.05, 0) is 44.2 Å². The quantitative estimate of drug-likeness (QED) is 0.794. The molecule has 1 fully saturated rings. The third-order valence-corrected chi connectivity index (χ3v) is 6.82. The van der Waals surface area contributed by atoms with Crippen molar-refractivity contribution >= 4 is 27.3 Å². The Hall–Kier alpha value is -1.76. The molecule has 2 aromatic rings. The second-order valence-corrected chi connectivity index (χ2v) is 8.90. The lowest BCUT2D eigenvalue weighted by molar-refractivity contribution is 0.301. The molecular formula is C19H23ClN2O3S. The number of sulfonamides is 1. The van der Waals surface area contributed by atoms with Gasteiger partial charge < -0.3 is 9.64 Å². The van der Waals surface area contributed by atoms with E-state index in [1.54, 1.807) is 16.4 Å². The van der Waals surface area contributed by atoms with Crippen LogP contribution < -0.4 is 9.64 Å². The molecule has 26 heavy (non-hydrogen) atoms. The Morgan fingerprint density at radius 3 is 2.19 bits per heavy atom. The first kappa shape index (κ1) is 19.0. The number of ether oxygens (including phenoxy) is 1. The van der Waals surface area contributed by atoms with Crippen LogP contribution in [0.3, 0.4) is 0 Å². The molecule has 0 amide bonds. The third-order valence-electron chi connectivity index (χ3n) is 4.70. The predicted molar refractivity (Wildman–Crippen MR) is 105 cm³/mol. The summed E-state index contributed by atoms with van der Waals surface area (Å²) in [6.45, 7) is 4.94. The number of rotatable bonds is 4. The van der Waals surface area contributed by atoms with Gasteiger partial charge >= 0.3 is 0 Å². The van der Waals surface area contributed by atoms with E-state index in [1.807, 2.05) is 32.0 Å². The second kappa shape index (κ2) is 7.47. The fourth-order valence-electron chi connectivity index (χ4n) is 3.54. The molecule has 2 atom stereocenters. The Bertz CT molecular complexity index is 862. The highest BCUT2D eigenvalue weighted by atomic mass is 35.5. The van der Waals surface area contributed by atoms with E-state index in [4.69, 9.17) is 16.3 Å². The minimum Gasteiger partial charge on any atom is -0.495 e. The maximum absolute atomic E-state index is 13.1.